The van der Waals surface area contributed by atoms with Crippen molar-refractivity contribution in [3.8, 4) is 0 Å². The maximum atomic E-state index is 13.6. The van der Waals surface area contributed by atoms with Crippen LogP contribution >= 0.6 is 0 Å². The third-order valence-corrected chi connectivity index (χ3v) is 3.46. The normalized spacial score (nSPS) is 45.2. The fraction of sp³-hybridized carbons (Fsp3) is 1.00. The molecule has 74 valence electrons. The minimum Gasteiger partial charge on any atom is -0.437 e. The summed E-state index contributed by atoms with van der Waals surface area (Å²) in [6, 6.07) is -0.464. The van der Waals surface area contributed by atoms with Gasteiger partial charge in [-0.05, 0) is 32.1 Å². The Balaban J connectivity index is 2.14. The van der Waals surface area contributed by atoms with E-state index in [1.807, 2.05) is 4.81 Å². The number of hydrogen-bond donors (Lipinski definition) is 2. The van der Waals surface area contributed by atoms with E-state index in [1.54, 1.807) is 6.82 Å². The van der Waals surface area contributed by atoms with E-state index in [0.29, 0.717) is 0 Å². The molecule has 3 fully saturated rings. The summed E-state index contributed by atoms with van der Waals surface area (Å²) < 4.78 is 13.6. The summed E-state index contributed by atoms with van der Waals surface area (Å²) in [5, 5.41) is 9.42. The summed E-state index contributed by atoms with van der Waals surface area (Å²) in [5.41, 5.74) is 5.74. The van der Waals surface area contributed by atoms with Gasteiger partial charge in [-0.3, -0.25) is 0 Å². The van der Waals surface area contributed by atoms with Gasteiger partial charge >= 0.3 is 7.05 Å². The molecule has 2 saturated heterocycles. The summed E-state index contributed by atoms with van der Waals surface area (Å²) in [6.07, 6.45) is 0.891. The average Bonchev–Trinajstić information content (AvgIpc) is 2.12. The molecule has 3 rings (SSSR count). The van der Waals surface area contributed by atoms with E-state index in [2.05, 4.69) is 0 Å². The number of piperidine rings is 2. The Morgan fingerprint density at radius 3 is 2.77 bits per heavy atom. The Labute approximate surface area is 78.2 Å². The largest absolute Gasteiger partial charge is 0.437 e. The molecule has 2 unspecified atom stereocenters. The van der Waals surface area contributed by atoms with Crippen LogP contribution in [0, 0.1) is 5.92 Å². The van der Waals surface area contributed by atoms with Crippen LogP contribution in [0.4, 0.5) is 4.39 Å². The van der Waals surface area contributed by atoms with E-state index >= 15 is 0 Å². The Hall–Kier alpha value is -0.125. The maximum absolute atomic E-state index is 13.6. The van der Waals surface area contributed by atoms with Crippen LogP contribution in [0.15, 0.2) is 0 Å². The van der Waals surface area contributed by atoms with Crippen molar-refractivity contribution in [2.45, 2.75) is 37.9 Å². The zero-order valence-corrected chi connectivity index (χ0v) is 7.86. The van der Waals surface area contributed by atoms with Crippen molar-refractivity contribution in [3.63, 3.8) is 0 Å². The topological polar surface area (TPSA) is 49.5 Å². The van der Waals surface area contributed by atoms with Crippen molar-refractivity contribution in [1.29, 1.82) is 0 Å². The molecular weight excluding hydrogens is 170 g/mol. The summed E-state index contributed by atoms with van der Waals surface area (Å²) >= 11 is 0. The van der Waals surface area contributed by atoms with Gasteiger partial charge in [-0.1, -0.05) is 0 Å². The standard InChI is InChI=1S/C8H16BFN2O/c1-9(13)12-4-5-2-3-6(12)7(10)8(5)11/h5-8,13H,2-4,11H2,1H3/t5?,6?,7-,8+/m1/s1. The molecule has 2 bridgehead atoms. The second-order valence-electron chi connectivity index (χ2n) is 4.26. The molecule has 0 spiro atoms. The first-order chi connectivity index (χ1) is 6.11. The van der Waals surface area contributed by atoms with E-state index in [4.69, 9.17) is 5.73 Å². The zero-order chi connectivity index (χ0) is 9.59. The highest BCUT2D eigenvalue weighted by atomic mass is 19.1. The molecule has 5 heteroatoms. The van der Waals surface area contributed by atoms with Gasteiger partial charge in [0.05, 0.1) is 0 Å². The first-order valence-corrected chi connectivity index (χ1v) is 4.94. The summed E-state index contributed by atoms with van der Waals surface area (Å²) in [7, 11) is -0.543. The minimum absolute atomic E-state index is 0.153. The third-order valence-electron chi connectivity index (χ3n) is 3.46. The van der Waals surface area contributed by atoms with E-state index in [-0.39, 0.29) is 18.0 Å². The molecule has 0 aromatic carbocycles. The molecule has 3 aliphatic rings. The Bertz CT molecular complexity index is 203. The number of hydrogen-bond acceptors (Lipinski definition) is 3. The smallest absolute Gasteiger partial charge is 0.376 e. The number of nitrogens with two attached hydrogens (primary N) is 1. The van der Waals surface area contributed by atoms with Crippen LogP contribution < -0.4 is 5.73 Å². The van der Waals surface area contributed by atoms with E-state index < -0.39 is 13.2 Å². The predicted octanol–water partition coefficient (Wildman–Crippen LogP) is -0.144. The van der Waals surface area contributed by atoms with Gasteiger partial charge < -0.3 is 15.6 Å². The fourth-order valence-corrected chi connectivity index (χ4v) is 2.65. The molecule has 1 saturated carbocycles. The van der Waals surface area contributed by atoms with Gasteiger partial charge in [0.1, 0.15) is 6.17 Å². The molecule has 1 aliphatic carbocycles. The van der Waals surface area contributed by atoms with Gasteiger partial charge in [0.25, 0.3) is 0 Å². The quantitative estimate of drug-likeness (QED) is 0.560. The predicted molar refractivity (Wildman–Crippen MR) is 49.9 cm³/mol. The summed E-state index contributed by atoms with van der Waals surface area (Å²) in [4.78, 5) is 1.84. The molecule has 3 N–H and O–H groups in total. The van der Waals surface area contributed by atoms with Crippen molar-refractivity contribution in [2.75, 3.05) is 6.54 Å². The van der Waals surface area contributed by atoms with Crippen molar-refractivity contribution < 1.29 is 9.41 Å². The first-order valence-electron chi connectivity index (χ1n) is 4.94. The monoisotopic (exact) mass is 186 g/mol. The van der Waals surface area contributed by atoms with Gasteiger partial charge in [-0.25, -0.2) is 4.39 Å². The Morgan fingerprint density at radius 1 is 1.54 bits per heavy atom. The number of alkyl halides is 1. The molecule has 0 amide bonds. The lowest BCUT2D eigenvalue weighted by Crippen LogP contribution is -2.66. The number of fused-ring (bicyclic) bond motifs is 3. The lowest BCUT2D eigenvalue weighted by molar-refractivity contribution is 0.00577. The number of nitrogens with zero attached hydrogens (tertiary/aromatic N) is 1. The summed E-state index contributed by atoms with van der Waals surface area (Å²) in [6.45, 7) is 2.45. The van der Waals surface area contributed by atoms with Crippen LogP contribution in [0.1, 0.15) is 12.8 Å². The molecule has 4 atom stereocenters. The van der Waals surface area contributed by atoms with E-state index in [0.717, 1.165) is 19.4 Å². The van der Waals surface area contributed by atoms with Crippen LogP contribution in [0.25, 0.3) is 0 Å². The number of halogens is 1. The van der Waals surface area contributed by atoms with Gasteiger partial charge in [-0.15, -0.1) is 0 Å². The van der Waals surface area contributed by atoms with Crippen molar-refractivity contribution in [1.82, 2.24) is 4.81 Å². The Kier molecular flexibility index (Phi) is 2.34. The van der Waals surface area contributed by atoms with Crippen molar-refractivity contribution >= 4 is 7.05 Å². The zero-order valence-electron chi connectivity index (χ0n) is 7.86. The lowest BCUT2D eigenvalue weighted by atomic mass is 9.68. The molecule has 0 aromatic heterocycles. The highest BCUT2D eigenvalue weighted by molar-refractivity contribution is 6.45. The van der Waals surface area contributed by atoms with Crippen LogP contribution in [-0.2, 0) is 0 Å². The molecular formula is C8H16BFN2O. The molecule has 0 aromatic rings. The summed E-state index contributed by atoms with van der Waals surface area (Å²) in [5.74, 6) is 0.231. The van der Waals surface area contributed by atoms with Crippen LogP contribution in [0.2, 0.25) is 6.82 Å². The molecule has 0 radical (unpaired) electrons. The van der Waals surface area contributed by atoms with Gasteiger partial charge in [0.2, 0.25) is 0 Å². The third kappa shape index (κ3) is 1.39. The number of rotatable bonds is 1. The highest BCUT2D eigenvalue weighted by Crippen LogP contribution is 2.36. The molecule has 2 aliphatic heterocycles. The second-order valence-corrected chi connectivity index (χ2v) is 4.26. The molecule has 13 heavy (non-hydrogen) atoms. The van der Waals surface area contributed by atoms with Crippen LogP contribution in [0.3, 0.4) is 0 Å². The highest BCUT2D eigenvalue weighted by Gasteiger charge is 2.48. The SMILES string of the molecule is CB(O)N1CC2CCC1[C@@H](F)[C@H]2N. The maximum Gasteiger partial charge on any atom is 0.376 e. The van der Waals surface area contributed by atoms with Gasteiger partial charge in [0.15, 0.2) is 0 Å². The van der Waals surface area contributed by atoms with E-state index in [1.165, 1.54) is 0 Å². The molecule has 2 heterocycles. The first kappa shape index (κ1) is 9.43. The molecule has 3 nitrogen and oxygen atoms in total. The Morgan fingerprint density at radius 2 is 2.23 bits per heavy atom. The average molecular weight is 186 g/mol. The van der Waals surface area contributed by atoms with Gasteiger partial charge in [-0.2, -0.15) is 0 Å². The lowest BCUT2D eigenvalue weighted by Gasteiger charge is -2.51. The van der Waals surface area contributed by atoms with Gasteiger partial charge in [0, 0.05) is 12.1 Å². The van der Waals surface area contributed by atoms with Crippen LogP contribution in [-0.4, -0.2) is 41.7 Å². The minimum atomic E-state index is -0.956. The second kappa shape index (κ2) is 3.22. The van der Waals surface area contributed by atoms with E-state index in [9.17, 15) is 9.41 Å². The van der Waals surface area contributed by atoms with Crippen molar-refractivity contribution in [2.24, 2.45) is 11.7 Å². The van der Waals surface area contributed by atoms with Crippen LogP contribution in [0.5, 0.6) is 0 Å². The fourth-order valence-electron chi connectivity index (χ4n) is 2.65. The van der Waals surface area contributed by atoms with Crippen molar-refractivity contribution in [3.05, 3.63) is 0 Å².